The molecule has 0 aliphatic carbocycles. The molecular weight excluding hydrogens is 382 g/mol. The number of nitrogens with zero attached hydrogens (tertiary/aromatic N) is 3. The largest absolute Gasteiger partial charge is 0.378 e. The summed E-state index contributed by atoms with van der Waals surface area (Å²) in [6.07, 6.45) is 0.868. The van der Waals surface area contributed by atoms with Crippen molar-refractivity contribution in [2.24, 2.45) is 0 Å². The second kappa shape index (κ2) is 9.10. The molecule has 7 nitrogen and oxygen atoms in total. The highest BCUT2D eigenvalue weighted by atomic mass is 16.5. The second-order valence-electron chi connectivity index (χ2n) is 8.20. The molecule has 1 aromatic heterocycles. The number of fused-ring (bicyclic) bond motifs is 1. The fourth-order valence-electron chi connectivity index (χ4n) is 4.08. The Morgan fingerprint density at radius 1 is 1.17 bits per heavy atom. The van der Waals surface area contributed by atoms with Crippen LogP contribution in [0.1, 0.15) is 42.2 Å². The van der Waals surface area contributed by atoms with Crippen LogP contribution in [0.2, 0.25) is 0 Å². The molecule has 0 spiro atoms. The predicted octanol–water partition coefficient (Wildman–Crippen LogP) is 2.45. The standard InChI is InChI=1S/C23H29N3O4/c1-16(2)30-15-22(27)26-8-7-17(14-26)21-13-19(18-5-3-4-6-20(18)24-21)23(28)25-9-11-29-12-10-25/h3-6,13,16-17H,7-12,14-15H2,1-2H3. The van der Waals surface area contributed by atoms with Crippen LogP contribution in [-0.2, 0) is 14.3 Å². The van der Waals surface area contributed by atoms with Gasteiger partial charge in [0.2, 0.25) is 5.91 Å². The van der Waals surface area contributed by atoms with Gasteiger partial charge in [-0.3, -0.25) is 14.6 Å². The maximum Gasteiger partial charge on any atom is 0.254 e. The Hall–Kier alpha value is -2.51. The number of morpholine rings is 1. The second-order valence-corrected chi connectivity index (χ2v) is 8.20. The van der Waals surface area contributed by atoms with Crippen LogP contribution in [0.25, 0.3) is 10.9 Å². The van der Waals surface area contributed by atoms with Crippen molar-refractivity contribution in [2.75, 3.05) is 46.0 Å². The number of benzene rings is 1. The lowest BCUT2D eigenvalue weighted by atomic mass is 9.99. The van der Waals surface area contributed by atoms with Crippen molar-refractivity contribution in [3.63, 3.8) is 0 Å². The number of carbonyl (C=O) groups excluding carboxylic acids is 2. The molecule has 4 rings (SSSR count). The molecule has 0 N–H and O–H groups in total. The number of hydrogen-bond donors (Lipinski definition) is 0. The molecule has 0 bridgehead atoms. The SMILES string of the molecule is CC(C)OCC(=O)N1CCC(c2cc(C(=O)N3CCOCC3)c3ccccc3n2)C1. The molecule has 1 aromatic carbocycles. The third-order valence-corrected chi connectivity index (χ3v) is 5.76. The number of ether oxygens (including phenoxy) is 2. The van der Waals surface area contributed by atoms with Gasteiger partial charge in [0, 0.05) is 43.2 Å². The fraction of sp³-hybridized carbons (Fsp3) is 0.522. The van der Waals surface area contributed by atoms with Crippen LogP contribution in [0.3, 0.4) is 0 Å². The van der Waals surface area contributed by atoms with Gasteiger partial charge in [0.05, 0.1) is 30.4 Å². The van der Waals surface area contributed by atoms with Crippen molar-refractivity contribution in [1.29, 1.82) is 0 Å². The van der Waals surface area contributed by atoms with Gasteiger partial charge in [-0.1, -0.05) is 18.2 Å². The van der Waals surface area contributed by atoms with Crippen LogP contribution in [0.4, 0.5) is 0 Å². The van der Waals surface area contributed by atoms with Crippen molar-refractivity contribution in [2.45, 2.75) is 32.3 Å². The van der Waals surface area contributed by atoms with Gasteiger partial charge in [-0.2, -0.15) is 0 Å². The molecule has 2 amide bonds. The number of hydrogen-bond acceptors (Lipinski definition) is 5. The van der Waals surface area contributed by atoms with E-state index in [0.29, 0.717) is 45.0 Å². The zero-order chi connectivity index (χ0) is 21.1. The van der Waals surface area contributed by atoms with E-state index in [-0.39, 0.29) is 30.4 Å². The molecule has 160 valence electrons. The fourth-order valence-corrected chi connectivity index (χ4v) is 4.08. The lowest BCUT2D eigenvalue weighted by molar-refractivity contribution is -0.136. The van der Waals surface area contributed by atoms with E-state index in [4.69, 9.17) is 14.5 Å². The maximum absolute atomic E-state index is 13.3. The summed E-state index contributed by atoms with van der Waals surface area (Å²) in [5, 5.41) is 0.869. The van der Waals surface area contributed by atoms with Gasteiger partial charge in [-0.25, -0.2) is 0 Å². The molecule has 0 saturated carbocycles. The number of pyridine rings is 1. The highest BCUT2D eigenvalue weighted by Gasteiger charge is 2.30. The first-order valence-electron chi connectivity index (χ1n) is 10.7. The highest BCUT2D eigenvalue weighted by molar-refractivity contribution is 6.06. The number of aromatic nitrogens is 1. The molecule has 2 aromatic rings. The first kappa shape index (κ1) is 20.8. The van der Waals surface area contributed by atoms with Gasteiger partial charge in [-0.15, -0.1) is 0 Å². The third kappa shape index (κ3) is 4.47. The molecule has 7 heteroatoms. The number of para-hydroxylation sites is 1. The first-order chi connectivity index (χ1) is 14.5. The number of rotatable bonds is 5. The highest BCUT2D eigenvalue weighted by Crippen LogP contribution is 2.30. The Kier molecular flexibility index (Phi) is 6.29. The van der Waals surface area contributed by atoms with Crippen LogP contribution < -0.4 is 0 Å². The minimum absolute atomic E-state index is 0.0107. The number of likely N-dealkylation sites (tertiary alicyclic amines) is 1. The maximum atomic E-state index is 13.3. The molecule has 1 unspecified atom stereocenters. The molecule has 2 saturated heterocycles. The zero-order valence-corrected chi connectivity index (χ0v) is 17.7. The molecule has 3 heterocycles. The summed E-state index contributed by atoms with van der Waals surface area (Å²) in [5.74, 6) is 0.153. The summed E-state index contributed by atoms with van der Waals surface area (Å²) in [7, 11) is 0. The molecule has 1 atom stereocenters. The van der Waals surface area contributed by atoms with E-state index >= 15 is 0 Å². The van der Waals surface area contributed by atoms with Crippen LogP contribution in [-0.4, -0.2) is 78.7 Å². The van der Waals surface area contributed by atoms with Crippen molar-refractivity contribution < 1.29 is 19.1 Å². The molecule has 30 heavy (non-hydrogen) atoms. The normalized spacial score (nSPS) is 19.6. The average molecular weight is 412 g/mol. The van der Waals surface area contributed by atoms with Crippen molar-refractivity contribution in [3.05, 3.63) is 41.6 Å². The van der Waals surface area contributed by atoms with Gasteiger partial charge in [0.1, 0.15) is 6.61 Å². The average Bonchev–Trinajstić information content (AvgIpc) is 3.27. The Balaban J connectivity index is 1.58. The molecule has 2 aliphatic heterocycles. The number of amides is 2. The van der Waals surface area contributed by atoms with Gasteiger partial charge in [-0.05, 0) is 32.4 Å². The summed E-state index contributed by atoms with van der Waals surface area (Å²) < 4.78 is 10.9. The summed E-state index contributed by atoms with van der Waals surface area (Å²) in [4.78, 5) is 34.2. The minimum Gasteiger partial charge on any atom is -0.378 e. The van der Waals surface area contributed by atoms with Crippen molar-refractivity contribution in [3.8, 4) is 0 Å². The van der Waals surface area contributed by atoms with Crippen molar-refractivity contribution >= 4 is 22.7 Å². The first-order valence-corrected chi connectivity index (χ1v) is 10.7. The van der Waals surface area contributed by atoms with E-state index in [0.717, 1.165) is 23.0 Å². The minimum atomic E-state index is 0.0107. The van der Waals surface area contributed by atoms with Crippen molar-refractivity contribution in [1.82, 2.24) is 14.8 Å². The quantitative estimate of drug-likeness (QED) is 0.756. The summed E-state index contributed by atoms with van der Waals surface area (Å²) in [5.41, 5.74) is 2.38. The van der Waals surface area contributed by atoms with Crippen LogP contribution >= 0.6 is 0 Å². The lowest BCUT2D eigenvalue weighted by Gasteiger charge is -2.27. The smallest absolute Gasteiger partial charge is 0.254 e. The lowest BCUT2D eigenvalue weighted by Crippen LogP contribution is -2.40. The van der Waals surface area contributed by atoms with Gasteiger partial charge < -0.3 is 19.3 Å². The van der Waals surface area contributed by atoms with E-state index in [2.05, 4.69) is 0 Å². The zero-order valence-electron chi connectivity index (χ0n) is 17.7. The molecule has 0 radical (unpaired) electrons. The Bertz CT molecular complexity index is 924. The van der Waals surface area contributed by atoms with E-state index in [1.807, 2.05) is 54.0 Å². The van der Waals surface area contributed by atoms with E-state index in [1.165, 1.54) is 0 Å². The Morgan fingerprint density at radius 2 is 1.93 bits per heavy atom. The third-order valence-electron chi connectivity index (χ3n) is 5.76. The van der Waals surface area contributed by atoms with Crippen LogP contribution in [0.15, 0.2) is 30.3 Å². The topological polar surface area (TPSA) is 72.0 Å². The van der Waals surface area contributed by atoms with Gasteiger partial charge >= 0.3 is 0 Å². The molecular formula is C23H29N3O4. The molecule has 2 fully saturated rings. The Morgan fingerprint density at radius 3 is 2.70 bits per heavy atom. The van der Waals surface area contributed by atoms with Gasteiger partial charge in [0.25, 0.3) is 5.91 Å². The van der Waals surface area contributed by atoms with E-state index in [1.54, 1.807) is 0 Å². The van der Waals surface area contributed by atoms with Crippen LogP contribution in [0, 0.1) is 0 Å². The van der Waals surface area contributed by atoms with E-state index in [9.17, 15) is 9.59 Å². The summed E-state index contributed by atoms with van der Waals surface area (Å²) >= 11 is 0. The predicted molar refractivity (Wildman–Crippen MR) is 113 cm³/mol. The monoisotopic (exact) mass is 411 g/mol. The summed E-state index contributed by atoms with van der Waals surface area (Å²) in [6.45, 7) is 7.59. The van der Waals surface area contributed by atoms with E-state index < -0.39 is 0 Å². The Labute approximate surface area is 177 Å². The van der Waals surface area contributed by atoms with Crippen LogP contribution in [0.5, 0.6) is 0 Å². The van der Waals surface area contributed by atoms with Gasteiger partial charge in [0.15, 0.2) is 0 Å². The summed E-state index contributed by atoms with van der Waals surface area (Å²) in [6, 6.07) is 9.71. The number of carbonyl (C=O) groups is 2. The molecule has 2 aliphatic rings.